The third kappa shape index (κ3) is 2.93. The van der Waals surface area contributed by atoms with Gasteiger partial charge < -0.3 is 5.32 Å². The average Bonchev–Trinajstić information content (AvgIpc) is 2.61. The molecule has 1 saturated heterocycles. The Bertz CT molecular complexity index is 779. The minimum Gasteiger partial charge on any atom is -0.337 e. The third-order valence-corrected chi connectivity index (χ3v) is 7.26. The fourth-order valence-corrected chi connectivity index (χ4v) is 5.65. The zero-order valence-electron chi connectivity index (χ0n) is 14.6. The number of hydrogen-bond donors (Lipinski definition) is 1. The summed E-state index contributed by atoms with van der Waals surface area (Å²) in [5.74, 6) is 3.60. The highest BCUT2D eigenvalue weighted by atomic mass is 32.2. The van der Waals surface area contributed by atoms with Gasteiger partial charge in [-0.15, -0.1) is 0 Å². The van der Waals surface area contributed by atoms with Crippen molar-refractivity contribution in [2.75, 3.05) is 18.4 Å². The smallest absolute Gasteiger partial charge is 0.163 e. The second-order valence-electron chi connectivity index (χ2n) is 7.77. The number of aromatic nitrogens is 2. The summed E-state index contributed by atoms with van der Waals surface area (Å²) in [5, 5.41) is 4.41. The number of piperidine rings is 1. The lowest BCUT2D eigenvalue weighted by atomic mass is 9.70. The number of fused-ring (bicyclic) bond motifs is 4. The van der Waals surface area contributed by atoms with Crippen LogP contribution in [0.3, 0.4) is 0 Å². The topological polar surface area (TPSA) is 41.0 Å². The summed E-state index contributed by atoms with van der Waals surface area (Å²) >= 11 is 1.70. The Balaban J connectivity index is 1.33. The molecule has 2 atom stereocenters. The molecule has 2 unspecified atom stereocenters. The molecule has 25 heavy (non-hydrogen) atoms. The van der Waals surface area contributed by atoms with Crippen LogP contribution in [-0.4, -0.2) is 28.0 Å². The molecule has 1 aromatic heterocycles. The molecule has 3 heterocycles. The van der Waals surface area contributed by atoms with Crippen LogP contribution in [0.4, 0.5) is 11.5 Å². The number of nitrogens with zero attached hydrogens (tertiary/aromatic N) is 3. The highest BCUT2D eigenvalue weighted by Gasteiger charge is 2.36. The first kappa shape index (κ1) is 15.6. The Morgan fingerprint density at radius 3 is 2.80 bits per heavy atom. The van der Waals surface area contributed by atoms with Gasteiger partial charge >= 0.3 is 0 Å². The van der Waals surface area contributed by atoms with Gasteiger partial charge in [0.1, 0.15) is 5.03 Å². The second kappa shape index (κ2) is 6.29. The number of rotatable bonds is 2. The van der Waals surface area contributed by atoms with E-state index in [4.69, 9.17) is 0 Å². The van der Waals surface area contributed by atoms with Crippen LogP contribution < -0.4 is 5.32 Å². The molecule has 2 fully saturated rings. The van der Waals surface area contributed by atoms with Gasteiger partial charge in [-0.3, -0.25) is 4.90 Å². The molecule has 1 aromatic carbocycles. The zero-order chi connectivity index (χ0) is 16.8. The molecule has 2 aliphatic heterocycles. The molecule has 1 saturated carbocycles. The van der Waals surface area contributed by atoms with Crippen molar-refractivity contribution in [1.29, 1.82) is 0 Å². The maximum absolute atomic E-state index is 4.41. The molecular formula is C20H24N4S. The Hall–Kier alpha value is -1.59. The Kier molecular flexibility index (Phi) is 3.94. The molecule has 1 N–H and O–H groups in total. The van der Waals surface area contributed by atoms with E-state index in [1.165, 1.54) is 48.5 Å². The quantitative estimate of drug-likeness (QED) is 0.732. The van der Waals surface area contributed by atoms with Crippen molar-refractivity contribution < 1.29 is 0 Å². The van der Waals surface area contributed by atoms with E-state index in [9.17, 15) is 0 Å². The molecule has 2 aromatic rings. The van der Waals surface area contributed by atoms with Crippen LogP contribution in [0.5, 0.6) is 0 Å². The normalized spacial score (nSPS) is 28.0. The molecule has 130 valence electrons. The maximum Gasteiger partial charge on any atom is 0.163 e. The van der Waals surface area contributed by atoms with Crippen LogP contribution in [0.1, 0.15) is 31.7 Å². The molecule has 0 amide bonds. The van der Waals surface area contributed by atoms with Crippen molar-refractivity contribution in [3.05, 3.63) is 36.2 Å². The number of anilines is 2. The van der Waals surface area contributed by atoms with Gasteiger partial charge in [0.15, 0.2) is 5.82 Å². The summed E-state index contributed by atoms with van der Waals surface area (Å²) in [7, 11) is 0. The van der Waals surface area contributed by atoms with Crippen LogP contribution in [0.15, 0.2) is 40.5 Å². The van der Waals surface area contributed by atoms with Crippen LogP contribution in [0.25, 0.3) is 0 Å². The monoisotopic (exact) mass is 352 g/mol. The average molecular weight is 353 g/mol. The molecule has 5 rings (SSSR count). The second-order valence-corrected chi connectivity index (χ2v) is 8.80. The standard InChI is InChI=1S/C20H24N4S/c1-13-15-3-2-4-16(13)12-24(11-15)10-14-5-6-18-17(9-14)23-19-20(25-18)22-8-7-21-19/h5-9,13,15-16H,2-4,10-12H2,1H3,(H,21,23). The predicted octanol–water partition coefficient (Wildman–Crippen LogP) is 4.55. The van der Waals surface area contributed by atoms with Gasteiger partial charge in [-0.2, -0.15) is 0 Å². The first-order valence-corrected chi connectivity index (χ1v) is 10.2. The number of benzene rings is 1. The largest absolute Gasteiger partial charge is 0.337 e. The van der Waals surface area contributed by atoms with Crippen molar-refractivity contribution in [2.24, 2.45) is 17.8 Å². The van der Waals surface area contributed by atoms with Gasteiger partial charge in [-0.05, 0) is 48.3 Å². The summed E-state index contributed by atoms with van der Waals surface area (Å²) in [6, 6.07) is 6.81. The van der Waals surface area contributed by atoms with Crippen LogP contribution in [0, 0.1) is 17.8 Å². The maximum atomic E-state index is 4.41. The molecular weight excluding hydrogens is 328 g/mol. The minimum absolute atomic E-state index is 0.874. The molecule has 5 heteroatoms. The van der Waals surface area contributed by atoms with E-state index < -0.39 is 0 Å². The summed E-state index contributed by atoms with van der Waals surface area (Å²) in [6.07, 6.45) is 7.78. The van der Waals surface area contributed by atoms with Crippen molar-refractivity contribution >= 4 is 23.3 Å². The highest BCUT2D eigenvalue weighted by Crippen LogP contribution is 2.43. The van der Waals surface area contributed by atoms with E-state index in [0.29, 0.717) is 0 Å². The van der Waals surface area contributed by atoms with E-state index in [2.05, 4.69) is 45.3 Å². The van der Waals surface area contributed by atoms with Crippen LogP contribution >= 0.6 is 11.8 Å². The predicted molar refractivity (Wildman–Crippen MR) is 101 cm³/mol. The van der Waals surface area contributed by atoms with Crippen LogP contribution in [0.2, 0.25) is 0 Å². The lowest BCUT2D eigenvalue weighted by Gasteiger charge is -2.46. The summed E-state index contributed by atoms with van der Waals surface area (Å²) in [5.41, 5.74) is 2.56. The van der Waals surface area contributed by atoms with Gasteiger partial charge in [0.25, 0.3) is 0 Å². The SMILES string of the molecule is CC1C2CCCC1CN(Cc1ccc3c(c1)Nc1nccnc1S3)C2. The third-order valence-electron chi connectivity index (χ3n) is 6.20. The Morgan fingerprint density at radius 2 is 1.96 bits per heavy atom. The van der Waals surface area contributed by atoms with E-state index in [-0.39, 0.29) is 0 Å². The van der Waals surface area contributed by atoms with Gasteiger partial charge in [0.05, 0.1) is 5.69 Å². The first-order chi connectivity index (χ1) is 12.3. The zero-order valence-corrected chi connectivity index (χ0v) is 15.4. The lowest BCUT2D eigenvalue weighted by molar-refractivity contribution is 0.0282. The first-order valence-electron chi connectivity index (χ1n) is 9.37. The molecule has 0 radical (unpaired) electrons. The highest BCUT2D eigenvalue weighted by molar-refractivity contribution is 7.99. The van der Waals surface area contributed by atoms with E-state index in [0.717, 1.165) is 35.1 Å². The van der Waals surface area contributed by atoms with E-state index >= 15 is 0 Å². The fourth-order valence-electron chi connectivity index (χ4n) is 4.77. The van der Waals surface area contributed by atoms with Crippen molar-refractivity contribution in [2.45, 2.75) is 42.7 Å². The Labute approximate surface area is 153 Å². The number of hydrogen-bond acceptors (Lipinski definition) is 5. The summed E-state index contributed by atoms with van der Waals surface area (Å²) in [6.45, 7) is 6.08. The minimum atomic E-state index is 0.874. The van der Waals surface area contributed by atoms with Crippen molar-refractivity contribution in [3.8, 4) is 0 Å². The van der Waals surface area contributed by atoms with Crippen molar-refractivity contribution in [3.63, 3.8) is 0 Å². The molecule has 3 aliphatic rings. The lowest BCUT2D eigenvalue weighted by Crippen LogP contribution is -2.47. The number of likely N-dealkylation sites (tertiary alicyclic amines) is 1. The molecule has 2 bridgehead atoms. The molecule has 4 nitrogen and oxygen atoms in total. The van der Waals surface area contributed by atoms with E-state index in [1.807, 2.05) is 0 Å². The number of nitrogens with one attached hydrogen (secondary N) is 1. The van der Waals surface area contributed by atoms with Gasteiger partial charge in [0.2, 0.25) is 0 Å². The van der Waals surface area contributed by atoms with Crippen LogP contribution in [-0.2, 0) is 6.54 Å². The van der Waals surface area contributed by atoms with Crippen molar-refractivity contribution in [1.82, 2.24) is 14.9 Å². The van der Waals surface area contributed by atoms with Gasteiger partial charge in [-0.1, -0.05) is 31.2 Å². The molecule has 0 spiro atoms. The van der Waals surface area contributed by atoms with Gasteiger partial charge in [0, 0.05) is 36.9 Å². The van der Waals surface area contributed by atoms with E-state index in [1.54, 1.807) is 24.2 Å². The fraction of sp³-hybridized carbons (Fsp3) is 0.500. The van der Waals surface area contributed by atoms with Gasteiger partial charge in [-0.25, -0.2) is 9.97 Å². The Morgan fingerprint density at radius 1 is 1.16 bits per heavy atom. The summed E-state index contributed by atoms with van der Waals surface area (Å²) in [4.78, 5) is 12.7. The molecule has 1 aliphatic carbocycles. The summed E-state index contributed by atoms with van der Waals surface area (Å²) < 4.78 is 0.